The highest BCUT2D eigenvalue weighted by Gasteiger charge is 2.73. The van der Waals surface area contributed by atoms with Gasteiger partial charge in [0.25, 0.3) is 0 Å². The van der Waals surface area contributed by atoms with Crippen LogP contribution < -0.4 is 0 Å². The van der Waals surface area contributed by atoms with Gasteiger partial charge in [0.15, 0.2) is 17.6 Å². The molecule has 6 nitrogen and oxygen atoms in total. The number of carbonyl (C=O) groups excluding carboxylic acids is 3. The number of hydrazone groups is 1. The topological polar surface area (TPSA) is 76.0 Å². The van der Waals surface area contributed by atoms with Crippen molar-refractivity contribution < 1.29 is 19.1 Å². The molecule has 0 amide bonds. The zero-order valence-electron chi connectivity index (χ0n) is 20.9. The summed E-state index contributed by atoms with van der Waals surface area (Å²) in [6.07, 6.45) is 1.65. The molecule has 1 aliphatic carbocycles. The molecule has 3 atom stereocenters. The van der Waals surface area contributed by atoms with Crippen LogP contribution in [-0.4, -0.2) is 40.4 Å². The van der Waals surface area contributed by atoms with Gasteiger partial charge in [-0.05, 0) is 49.6 Å². The van der Waals surface area contributed by atoms with Crippen LogP contribution in [0.25, 0.3) is 0 Å². The number of hydrogen-bond acceptors (Lipinski definition) is 6. The van der Waals surface area contributed by atoms with Gasteiger partial charge in [0.05, 0.1) is 12.3 Å². The van der Waals surface area contributed by atoms with Crippen LogP contribution in [0.3, 0.4) is 0 Å². The minimum Gasteiger partial charge on any atom is -0.458 e. The summed E-state index contributed by atoms with van der Waals surface area (Å²) in [7, 11) is 0. The van der Waals surface area contributed by atoms with E-state index < -0.39 is 35.0 Å². The Kier molecular flexibility index (Phi) is 5.57. The fraction of sp³-hybridized carbons (Fsp3) is 0.267. The van der Waals surface area contributed by atoms with E-state index in [1.165, 1.54) is 0 Å². The highest BCUT2D eigenvalue weighted by atomic mass is 35.5. The normalized spacial score (nSPS) is 22.9. The molecule has 1 saturated heterocycles. The van der Waals surface area contributed by atoms with E-state index in [4.69, 9.17) is 27.9 Å². The first-order chi connectivity index (χ1) is 18.1. The largest absolute Gasteiger partial charge is 0.458 e. The standard InChI is InChI=1S/C30H24Cl2N2O4/c1-29(2,3)38-28(37)24-23(21-13-12-17(31)14-22(21)32)30(26(35)19-10-6-7-11-20(19)27(30)36)25-18-9-5-4-8-16(18)15-33-34(24)25/h4-15,23-25H,1-3H3/t23-,24+,25+/m0/s1. The number of halogens is 2. The van der Waals surface area contributed by atoms with Gasteiger partial charge in [0, 0.05) is 27.1 Å². The zero-order valence-corrected chi connectivity index (χ0v) is 22.5. The number of ether oxygens (including phenoxy) is 1. The maximum absolute atomic E-state index is 14.6. The zero-order chi connectivity index (χ0) is 27.0. The number of carbonyl (C=O) groups is 3. The third-order valence-electron chi connectivity index (χ3n) is 7.52. The van der Waals surface area contributed by atoms with Gasteiger partial charge in [0.1, 0.15) is 11.0 Å². The van der Waals surface area contributed by atoms with Crippen molar-refractivity contribution >= 4 is 47.0 Å². The molecular formula is C30H24Cl2N2O4. The van der Waals surface area contributed by atoms with Gasteiger partial charge in [-0.2, -0.15) is 5.10 Å². The van der Waals surface area contributed by atoms with Crippen LogP contribution in [-0.2, 0) is 9.53 Å². The summed E-state index contributed by atoms with van der Waals surface area (Å²) in [5, 5.41) is 6.90. The number of benzene rings is 3. The van der Waals surface area contributed by atoms with Gasteiger partial charge >= 0.3 is 5.97 Å². The van der Waals surface area contributed by atoms with Crippen molar-refractivity contribution in [2.75, 3.05) is 0 Å². The lowest BCUT2D eigenvalue weighted by molar-refractivity contribution is -0.161. The van der Waals surface area contributed by atoms with Gasteiger partial charge in [-0.15, -0.1) is 0 Å². The molecule has 0 N–H and O–H groups in total. The molecule has 1 spiro atoms. The smallest absolute Gasteiger partial charge is 0.331 e. The molecule has 38 heavy (non-hydrogen) atoms. The molecule has 1 fully saturated rings. The van der Waals surface area contributed by atoms with Crippen molar-refractivity contribution in [2.45, 2.75) is 44.4 Å². The number of esters is 1. The van der Waals surface area contributed by atoms with Crippen molar-refractivity contribution in [3.05, 3.63) is 105 Å². The fourth-order valence-corrected chi connectivity index (χ4v) is 6.73. The summed E-state index contributed by atoms with van der Waals surface area (Å²) < 4.78 is 5.88. The molecule has 3 aliphatic rings. The molecule has 3 aromatic rings. The third kappa shape index (κ3) is 3.40. The summed E-state index contributed by atoms with van der Waals surface area (Å²) in [5.74, 6) is -2.31. The summed E-state index contributed by atoms with van der Waals surface area (Å²) in [4.78, 5) is 43.2. The first-order valence-electron chi connectivity index (χ1n) is 12.3. The van der Waals surface area contributed by atoms with Gasteiger partial charge in [-0.1, -0.05) is 77.8 Å². The second-order valence-corrected chi connectivity index (χ2v) is 11.7. The van der Waals surface area contributed by atoms with Gasteiger partial charge in [-0.3, -0.25) is 14.6 Å². The van der Waals surface area contributed by atoms with Crippen LogP contribution >= 0.6 is 23.2 Å². The number of rotatable bonds is 2. The fourth-order valence-electron chi connectivity index (χ4n) is 6.21. The second-order valence-electron chi connectivity index (χ2n) is 10.9. The molecular weight excluding hydrogens is 523 g/mol. The Hall–Kier alpha value is -3.48. The monoisotopic (exact) mass is 546 g/mol. The minimum absolute atomic E-state index is 0.254. The number of Topliss-reactive ketones (excluding diaryl/α,β-unsaturated/α-hetero) is 2. The van der Waals surface area contributed by atoms with E-state index in [1.807, 2.05) is 24.3 Å². The predicted octanol–water partition coefficient (Wildman–Crippen LogP) is 6.26. The van der Waals surface area contributed by atoms with Crippen molar-refractivity contribution in [1.29, 1.82) is 0 Å². The number of nitrogens with zero attached hydrogens (tertiary/aromatic N) is 2. The minimum atomic E-state index is -1.71. The second kappa shape index (κ2) is 8.52. The van der Waals surface area contributed by atoms with Gasteiger partial charge < -0.3 is 4.74 Å². The summed E-state index contributed by atoms with van der Waals surface area (Å²) >= 11 is 13.0. The lowest BCUT2D eigenvalue weighted by atomic mass is 9.63. The highest BCUT2D eigenvalue weighted by molar-refractivity contribution is 6.36. The van der Waals surface area contributed by atoms with Crippen LogP contribution in [0.5, 0.6) is 0 Å². The van der Waals surface area contributed by atoms with Crippen LogP contribution in [0.15, 0.2) is 71.8 Å². The van der Waals surface area contributed by atoms with E-state index in [0.717, 1.165) is 11.1 Å². The quantitative estimate of drug-likeness (QED) is 0.280. The average molecular weight is 547 g/mol. The Labute approximate surface area is 230 Å². The first-order valence-corrected chi connectivity index (χ1v) is 13.1. The van der Waals surface area contributed by atoms with E-state index in [0.29, 0.717) is 21.7 Å². The molecule has 2 heterocycles. The van der Waals surface area contributed by atoms with E-state index >= 15 is 0 Å². The van der Waals surface area contributed by atoms with Crippen LogP contribution in [0.2, 0.25) is 10.0 Å². The lowest BCUT2D eigenvalue weighted by Gasteiger charge is -2.36. The third-order valence-corrected chi connectivity index (χ3v) is 8.08. The first kappa shape index (κ1) is 24.8. The molecule has 0 saturated carbocycles. The summed E-state index contributed by atoms with van der Waals surface area (Å²) in [6.45, 7) is 5.32. The lowest BCUT2D eigenvalue weighted by Crippen LogP contribution is -2.44. The summed E-state index contributed by atoms with van der Waals surface area (Å²) in [5.41, 5.74) is 0.0862. The van der Waals surface area contributed by atoms with Crippen LogP contribution in [0, 0.1) is 5.41 Å². The molecule has 6 rings (SSSR count). The average Bonchev–Trinajstić information content (AvgIpc) is 3.30. The number of ketones is 2. The van der Waals surface area contributed by atoms with E-state index in [1.54, 1.807) is 74.5 Å². The molecule has 0 unspecified atom stereocenters. The van der Waals surface area contributed by atoms with Crippen molar-refractivity contribution in [3.63, 3.8) is 0 Å². The van der Waals surface area contributed by atoms with E-state index in [2.05, 4.69) is 5.10 Å². The Morgan fingerprint density at radius 3 is 2.18 bits per heavy atom. The SMILES string of the molecule is CC(C)(C)OC(=O)[C@H]1[C@H](c2ccc(Cl)cc2Cl)C2(C(=O)c3ccccc3C2=O)[C@H]2c3ccccc3C=NN12. The van der Waals surface area contributed by atoms with Gasteiger partial charge in [0.2, 0.25) is 0 Å². The van der Waals surface area contributed by atoms with Crippen molar-refractivity contribution in [1.82, 2.24) is 5.01 Å². The predicted molar refractivity (Wildman–Crippen MR) is 145 cm³/mol. The molecule has 0 aromatic heterocycles. The van der Waals surface area contributed by atoms with Crippen LogP contribution in [0.1, 0.15) is 70.1 Å². The maximum atomic E-state index is 14.6. The molecule has 3 aromatic carbocycles. The van der Waals surface area contributed by atoms with E-state index in [-0.39, 0.29) is 16.6 Å². The molecule has 192 valence electrons. The Bertz CT molecular complexity index is 1520. The van der Waals surface area contributed by atoms with Crippen molar-refractivity contribution in [3.8, 4) is 0 Å². The molecule has 0 radical (unpaired) electrons. The Balaban J connectivity index is 1.70. The maximum Gasteiger partial charge on any atom is 0.331 e. The Morgan fingerprint density at radius 2 is 1.55 bits per heavy atom. The Morgan fingerprint density at radius 1 is 0.921 bits per heavy atom. The molecule has 8 heteroatoms. The van der Waals surface area contributed by atoms with E-state index in [9.17, 15) is 14.4 Å². The summed E-state index contributed by atoms with van der Waals surface area (Å²) in [6, 6.07) is 17.2. The number of hydrogen-bond donors (Lipinski definition) is 0. The highest BCUT2D eigenvalue weighted by Crippen LogP contribution is 2.65. The number of fused-ring (bicyclic) bond motifs is 5. The van der Waals surface area contributed by atoms with Crippen molar-refractivity contribution in [2.24, 2.45) is 10.5 Å². The van der Waals surface area contributed by atoms with Crippen LogP contribution in [0.4, 0.5) is 0 Å². The molecule has 0 bridgehead atoms. The molecule has 2 aliphatic heterocycles. The van der Waals surface area contributed by atoms with Gasteiger partial charge in [-0.25, -0.2) is 4.79 Å².